The molecule has 0 saturated carbocycles. The monoisotopic (exact) mass is 367 g/mol. The number of Topliss-reactive ketones (excluding diaryl/α,β-unsaturated/α-hetero) is 1. The van der Waals surface area contributed by atoms with Gasteiger partial charge in [-0.15, -0.1) is 0 Å². The summed E-state index contributed by atoms with van der Waals surface area (Å²) in [4.78, 5) is 37.6. The lowest BCUT2D eigenvalue weighted by Gasteiger charge is -2.28. The van der Waals surface area contributed by atoms with Gasteiger partial charge >= 0.3 is 0 Å². The summed E-state index contributed by atoms with van der Waals surface area (Å²) in [7, 11) is 2.05. The molecule has 0 spiro atoms. The summed E-state index contributed by atoms with van der Waals surface area (Å²) in [5.41, 5.74) is 1.11. The van der Waals surface area contributed by atoms with Crippen LogP contribution in [0.25, 0.3) is 0 Å². The Labute approximate surface area is 157 Å². The Morgan fingerprint density at radius 3 is 2.44 bits per heavy atom. The molecule has 0 unspecified atom stereocenters. The molecular weight excluding hydrogens is 346 g/mol. The van der Waals surface area contributed by atoms with E-state index in [-0.39, 0.29) is 23.0 Å². The first kappa shape index (κ1) is 18.7. The van der Waals surface area contributed by atoms with Gasteiger partial charge in [0.15, 0.2) is 5.78 Å². The maximum atomic E-state index is 12.7. The highest BCUT2D eigenvalue weighted by Crippen LogP contribution is 2.23. The van der Waals surface area contributed by atoms with Gasteiger partial charge in [-0.2, -0.15) is 0 Å². The SMILES string of the molecule is CN1CCC(C(=O)c2cccc(NC(=O)c3cccc([N+](=O)[O-])c3)c2)CC1. The van der Waals surface area contributed by atoms with Crippen LogP contribution in [0.3, 0.4) is 0 Å². The lowest BCUT2D eigenvalue weighted by molar-refractivity contribution is -0.384. The van der Waals surface area contributed by atoms with Crippen molar-refractivity contribution in [2.24, 2.45) is 5.92 Å². The van der Waals surface area contributed by atoms with Crippen molar-refractivity contribution >= 4 is 23.1 Å². The number of ketones is 1. The molecule has 140 valence electrons. The van der Waals surface area contributed by atoms with Crippen LogP contribution in [0, 0.1) is 16.0 Å². The van der Waals surface area contributed by atoms with Gasteiger partial charge in [0.25, 0.3) is 11.6 Å². The number of amides is 1. The number of nitro benzene ring substituents is 1. The van der Waals surface area contributed by atoms with Crippen LogP contribution in [0.15, 0.2) is 48.5 Å². The Hall–Kier alpha value is -3.06. The first-order valence-electron chi connectivity index (χ1n) is 8.82. The van der Waals surface area contributed by atoms with Crippen LogP contribution in [0.5, 0.6) is 0 Å². The highest BCUT2D eigenvalue weighted by atomic mass is 16.6. The zero-order valence-electron chi connectivity index (χ0n) is 15.1. The summed E-state index contributed by atoms with van der Waals surface area (Å²) < 4.78 is 0. The Morgan fingerprint density at radius 2 is 1.74 bits per heavy atom. The average molecular weight is 367 g/mol. The molecule has 0 radical (unpaired) electrons. The van der Waals surface area contributed by atoms with Gasteiger partial charge in [0.1, 0.15) is 0 Å². The van der Waals surface area contributed by atoms with Gasteiger partial charge in [-0.1, -0.05) is 18.2 Å². The third-order valence-electron chi connectivity index (χ3n) is 4.81. The van der Waals surface area contributed by atoms with E-state index in [1.54, 1.807) is 24.3 Å². The van der Waals surface area contributed by atoms with Crippen molar-refractivity contribution in [3.8, 4) is 0 Å². The summed E-state index contributed by atoms with van der Waals surface area (Å²) in [6.45, 7) is 1.80. The molecule has 1 aliphatic heterocycles. The van der Waals surface area contributed by atoms with E-state index in [1.807, 2.05) is 7.05 Å². The second-order valence-corrected chi connectivity index (χ2v) is 6.78. The van der Waals surface area contributed by atoms with Crippen LogP contribution >= 0.6 is 0 Å². The summed E-state index contributed by atoms with van der Waals surface area (Å²) >= 11 is 0. The lowest BCUT2D eigenvalue weighted by Crippen LogP contribution is -2.33. The van der Waals surface area contributed by atoms with Gasteiger partial charge in [0.2, 0.25) is 0 Å². The second-order valence-electron chi connectivity index (χ2n) is 6.78. The molecule has 2 aromatic carbocycles. The molecule has 0 atom stereocenters. The molecule has 1 N–H and O–H groups in total. The maximum absolute atomic E-state index is 12.7. The number of carbonyl (C=O) groups excluding carboxylic acids is 2. The molecule has 1 aliphatic rings. The van der Waals surface area contributed by atoms with Crippen LogP contribution in [0.1, 0.15) is 33.6 Å². The number of anilines is 1. The molecule has 2 aromatic rings. The van der Waals surface area contributed by atoms with Gasteiger partial charge in [-0.3, -0.25) is 19.7 Å². The highest BCUT2D eigenvalue weighted by molar-refractivity contribution is 6.05. The molecule has 1 saturated heterocycles. The smallest absolute Gasteiger partial charge is 0.270 e. The number of nitrogens with zero attached hydrogens (tertiary/aromatic N) is 2. The predicted molar refractivity (Wildman–Crippen MR) is 102 cm³/mol. The fraction of sp³-hybridized carbons (Fsp3) is 0.300. The van der Waals surface area contributed by atoms with Gasteiger partial charge in [0, 0.05) is 34.9 Å². The third kappa shape index (κ3) is 4.57. The van der Waals surface area contributed by atoms with Gasteiger partial charge < -0.3 is 10.2 Å². The van der Waals surface area contributed by atoms with Crippen molar-refractivity contribution < 1.29 is 14.5 Å². The minimum absolute atomic E-state index is 0.00363. The van der Waals surface area contributed by atoms with Crippen molar-refractivity contribution in [2.75, 3.05) is 25.5 Å². The largest absolute Gasteiger partial charge is 0.322 e. The number of rotatable bonds is 5. The number of carbonyl (C=O) groups is 2. The molecule has 7 nitrogen and oxygen atoms in total. The van der Waals surface area contributed by atoms with E-state index in [9.17, 15) is 19.7 Å². The molecule has 0 aliphatic carbocycles. The molecule has 0 bridgehead atoms. The summed E-state index contributed by atoms with van der Waals surface area (Å²) in [6, 6.07) is 12.4. The van der Waals surface area contributed by atoms with E-state index < -0.39 is 10.8 Å². The van der Waals surface area contributed by atoms with E-state index >= 15 is 0 Å². The average Bonchev–Trinajstić information content (AvgIpc) is 2.68. The standard InChI is InChI=1S/C20H21N3O4/c1-22-10-8-14(9-11-22)19(24)15-4-2-6-17(12-15)21-20(25)16-5-3-7-18(13-16)23(26)27/h2-7,12-14H,8-11H2,1H3,(H,21,25). The Bertz CT molecular complexity index is 873. The molecule has 3 rings (SSSR count). The topological polar surface area (TPSA) is 92.6 Å². The highest BCUT2D eigenvalue weighted by Gasteiger charge is 2.24. The van der Waals surface area contributed by atoms with E-state index in [0.29, 0.717) is 11.3 Å². The number of hydrogen-bond acceptors (Lipinski definition) is 5. The summed E-state index contributed by atoms with van der Waals surface area (Å²) in [5, 5.41) is 13.6. The number of benzene rings is 2. The van der Waals surface area contributed by atoms with E-state index in [2.05, 4.69) is 10.2 Å². The van der Waals surface area contributed by atoms with E-state index in [0.717, 1.165) is 25.9 Å². The first-order valence-corrected chi connectivity index (χ1v) is 8.82. The predicted octanol–water partition coefficient (Wildman–Crippen LogP) is 3.37. The summed E-state index contributed by atoms with van der Waals surface area (Å²) in [6.07, 6.45) is 1.67. The zero-order chi connectivity index (χ0) is 19.4. The number of non-ortho nitro benzene ring substituents is 1. The number of nitro groups is 1. The van der Waals surface area contributed by atoms with Crippen LogP contribution in [0.4, 0.5) is 11.4 Å². The Kier molecular flexibility index (Phi) is 5.61. The number of nitrogens with one attached hydrogen (secondary N) is 1. The van der Waals surface area contributed by atoms with Gasteiger partial charge in [-0.25, -0.2) is 0 Å². The van der Waals surface area contributed by atoms with Crippen molar-refractivity contribution in [1.29, 1.82) is 0 Å². The minimum atomic E-state index is -0.544. The summed E-state index contributed by atoms with van der Waals surface area (Å²) in [5.74, 6) is -0.360. The molecule has 7 heteroatoms. The normalized spacial score (nSPS) is 15.3. The second kappa shape index (κ2) is 8.09. The maximum Gasteiger partial charge on any atom is 0.270 e. The van der Waals surface area contributed by atoms with Crippen molar-refractivity contribution in [2.45, 2.75) is 12.8 Å². The van der Waals surface area contributed by atoms with Crippen molar-refractivity contribution in [3.05, 3.63) is 69.8 Å². The van der Waals surface area contributed by atoms with E-state index in [1.165, 1.54) is 24.3 Å². The van der Waals surface area contributed by atoms with Crippen LogP contribution in [-0.4, -0.2) is 41.7 Å². The lowest BCUT2D eigenvalue weighted by atomic mass is 9.89. The van der Waals surface area contributed by atoms with Crippen molar-refractivity contribution in [1.82, 2.24) is 4.90 Å². The first-order chi connectivity index (χ1) is 12.9. The Morgan fingerprint density at radius 1 is 1.07 bits per heavy atom. The molecule has 1 fully saturated rings. The minimum Gasteiger partial charge on any atom is -0.322 e. The molecule has 0 aromatic heterocycles. The molecule has 1 amide bonds. The van der Waals surface area contributed by atoms with Gasteiger partial charge in [-0.05, 0) is 51.2 Å². The van der Waals surface area contributed by atoms with Crippen LogP contribution in [-0.2, 0) is 0 Å². The zero-order valence-corrected chi connectivity index (χ0v) is 15.1. The van der Waals surface area contributed by atoms with Crippen molar-refractivity contribution in [3.63, 3.8) is 0 Å². The van der Waals surface area contributed by atoms with Gasteiger partial charge in [0.05, 0.1) is 4.92 Å². The number of piperidine rings is 1. The number of likely N-dealkylation sites (tertiary alicyclic amines) is 1. The molecule has 27 heavy (non-hydrogen) atoms. The van der Waals surface area contributed by atoms with E-state index in [4.69, 9.17) is 0 Å². The van der Waals surface area contributed by atoms with Crippen LogP contribution < -0.4 is 5.32 Å². The third-order valence-corrected chi connectivity index (χ3v) is 4.81. The fourth-order valence-electron chi connectivity index (χ4n) is 3.22. The number of hydrogen-bond donors (Lipinski definition) is 1. The fourth-order valence-corrected chi connectivity index (χ4v) is 3.22. The molecular formula is C20H21N3O4. The van der Waals surface area contributed by atoms with Crippen LogP contribution in [0.2, 0.25) is 0 Å². The Balaban J connectivity index is 1.72. The quantitative estimate of drug-likeness (QED) is 0.497. The molecule has 1 heterocycles.